The third kappa shape index (κ3) is 1.83. The van der Waals surface area contributed by atoms with Gasteiger partial charge in [-0.25, -0.2) is 4.98 Å². The number of nitrogens with zero attached hydrogens (tertiary/aromatic N) is 1. The molecule has 2 aromatic rings. The Morgan fingerprint density at radius 2 is 2.19 bits per heavy atom. The third-order valence-electron chi connectivity index (χ3n) is 3.37. The maximum absolute atomic E-state index is 4.54. The summed E-state index contributed by atoms with van der Waals surface area (Å²) in [5, 5.41) is 3.53. The van der Waals surface area contributed by atoms with Crippen molar-refractivity contribution < 1.29 is 0 Å². The lowest BCUT2D eigenvalue weighted by Gasteiger charge is -2.33. The van der Waals surface area contributed by atoms with Gasteiger partial charge in [0.2, 0.25) is 0 Å². The van der Waals surface area contributed by atoms with Crippen LogP contribution in [0.25, 0.3) is 11.0 Å². The fourth-order valence-electron chi connectivity index (χ4n) is 2.40. The molecule has 2 N–H and O–H groups in total. The van der Waals surface area contributed by atoms with Crippen LogP contribution in [0.1, 0.15) is 25.6 Å². The second-order valence-electron chi connectivity index (χ2n) is 4.86. The largest absolute Gasteiger partial charge is 0.341 e. The second-order valence-corrected chi connectivity index (χ2v) is 4.86. The van der Waals surface area contributed by atoms with Gasteiger partial charge in [0.05, 0.1) is 17.6 Å². The van der Waals surface area contributed by atoms with E-state index >= 15 is 0 Å². The normalized spacial score (nSPS) is 24.6. The molecule has 1 aromatic heterocycles. The van der Waals surface area contributed by atoms with Crippen molar-refractivity contribution in [3.8, 4) is 0 Å². The van der Waals surface area contributed by atoms with Crippen molar-refractivity contribution in [3.05, 3.63) is 30.1 Å². The summed E-state index contributed by atoms with van der Waals surface area (Å²) in [7, 11) is 0. The van der Waals surface area contributed by atoms with Crippen LogP contribution >= 0.6 is 0 Å². The van der Waals surface area contributed by atoms with E-state index in [9.17, 15) is 0 Å². The Morgan fingerprint density at radius 3 is 2.94 bits per heavy atom. The molecule has 16 heavy (non-hydrogen) atoms. The maximum Gasteiger partial charge on any atom is 0.121 e. The first-order valence-corrected chi connectivity index (χ1v) is 5.98. The van der Waals surface area contributed by atoms with Crippen molar-refractivity contribution in [1.29, 1.82) is 0 Å². The average Bonchev–Trinajstić information content (AvgIpc) is 2.65. The summed E-state index contributed by atoms with van der Waals surface area (Å²) >= 11 is 0. The molecule has 3 rings (SSSR count). The van der Waals surface area contributed by atoms with Gasteiger partial charge in [-0.3, -0.25) is 0 Å². The van der Waals surface area contributed by atoms with Crippen LogP contribution in [0.4, 0.5) is 0 Å². The Balaban J connectivity index is 1.65. The van der Waals surface area contributed by atoms with Gasteiger partial charge in [-0.2, -0.15) is 0 Å². The SMILES string of the molecule is CC1CC(NCc2nc3ccccc3[nH]2)C1. The van der Waals surface area contributed by atoms with E-state index in [2.05, 4.69) is 28.3 Å². The predicted molar refractivity (Wildman–Crippen MR) is 65.1 cm³/mol. The minimum absolute atomic E-state index is 0.697. The van der Waals surface area contributed by atoms with Gasteiger partial charge < -0.3 is 10.3 Å². The van der Waals surface area contributed by atoms with Crippen molar-refractivity contribution in [2.24, 2.45) is 5.92 Å². The number of fused-ring (bicyclic) bond motifs is 1. The molecule has 1 aliphatic carbocycles. The number of rotatable bonds is 3. The highest BCUT2D eigenvalue weighted by molar-refractivity contribution is 5.74. The van der Waals surface area contributed by atoms with Crippen LogP contribution in [0.3, 0.4) is 0 Å². The average molecular weight is 215 g/mol. The van der Waals surface area contributed by atoms with Crippen molar-refractivity contribution >= 4 is 11.0 Å². The Bertz CT molecular complexity index is 450. The lowest BCUT2D eigenvalue weighted by atomic mass is 9.82. The molecule has 1 heterocycles. The predicted octanol–water partition coefficient (Wildman–Crippen LogP) is 2.45. The Hall–Kier alpha value is -1.35. The summed E-state index contributed by atoms with van der Waals surface area (Å²) in [4.78, 5) is 7.88. The number of para-hydroxylation sites is 2. The molecule has 0 radical (unpaired) electrons. The van der Waals surface area contributed by atoms with E-state index in [1.54, 1.807) is 0 Å². The minimum Gasteiger partial charge on any atom is -0.341 e. The third-order valence-corrected chi connectivity index (χ3v) is 3.37. The van der Waals surface area contributed by atoms with Crippen LogP contribution in [0.15, 0.2) is 24.3 Å². The summed E-state index contributed by atoms with van der Waals surface area (Å²) in [5.74, 6) is 1.94. The lowest BCUT2D eigenvalue weighted by Crippen LogP contribution is -2.39. The van der Waals surface area contributed by atoms with Crippen molar-refractivity contribution in [2.75, 3.05) is 0 Å². The van der Waals surface area contributed by atoms with E-state index in [0.29, 0.717) is 6.04 Å². The maximum atomic E-state index is 4.54. The van der Waals surface area contributed by atoms with Crippen LogP contribution in [0.5, 0.6) is 0 Å². The standard InChI is InChI=1S/C13H17N3/c1-9-6-10(7-9)14-8-13-15-11-4-2-3-5-12(11)16-13/h2-5,9-10,14H,6-8H2,1H3,(H,15,16). The van der Waals surface area contributed by atoms with Gasteiger partial charge in [0.1, 0.15) is 5.82 Å². The molecule has 0 spiro atoms. The summed E-state index contributed by atoms with van der Waals surface area (Å²) in [6.07, 6.45) is 2.61. The first-order valence-electron chi connectivity index (χ1n) is 5.98. The van der Waals surface area contributed by atoms with Crippen LogP contribution in [-0.4, -0.2) is 16.0 Å². The van der Waals surface area contributed by atoms with Gasteiger partial charge in [-0.1, -0.05) is 19.1 Å². The van der Waals surface area contributed by atoms with Gasteiger partial charge >= 0.3 is 0 Å². The highest BCUT2D eigenvalue weighted by Crippen LogP contribution is 2.26. The van der Waals surface area contributed by atoms with Crippen LogP contribution in [0, 0.1) is 5.92 Å². The Morgan fingerprint density at radius 1 is 1.38 bits per heavy atom. The van der Waals surface area contributed by atoms with Crippen LogP contribution < -0.4 is 5.32 Å². The number of benzene rings is 1. The molecular weight excluding hydrogens is 198 g/mol. The number of aromatic amines is 1. The molecule has 1 aromatic carbocycles. The molecule has 84 valence electrons. The van der Waals surface area contributed by atoms with Crippen LogP contribution in [0.2, 0.25) is 0 Å². The molecule has 0 aliphatic heterocycles. The minimum atomic E-state index is 0.697. The van der Waals surface area contributed by atoms with E-state index in [-0.39, 0.29) is 0 Å². The Labute approximate surface area is 95.3 Å². The van der Waals surface area contributed by atoms with Gasteiger partial charge in [0, 0.05) is 6.04 Å². The highest BCUT2D eigenvalue weighted by Gasteiger charge is 2.24. The lowest BCUT2D eigenvalue weighted by molar-refractivity contribution is 0.239. The molecular formula is C13H17N3. The molecule has 3 nitrogen and oxygen atoms in total. The fourth-order valence-corrected chi connectivity index (χ4v) is 2.40. The van der Waals surface area contributed by atoms with E-state index in [4.69, 9.17) is 0 Å². The zero-order valence-electron chi connectivity index (χ0n) is 9.53. The smallest absolute Gasteiger partial charge is 0.121 e. The second kappa shape index (κ2) is 3.91. The van der Waals surface area contributed by atoms with E-state index < -0.39 is 0 Å². The first-order chi connectivity index (χ1) is 7.81. The number of H-pyrrole nitrogens is 1. The fraction of sp³-hybridized carbons (Fsp3) is 0.462. The molecule has 1 aliphatic rings. The number of aromatic nitrogens is 2. The number of hydrogen-bond acceptors (Lipinski definition) is 2. The summed E-state index contributed by atoms with van der Waals surface area (Å²) in [6, 6.07) is 8.86. The van der Waals surface area contributed by atoms with Crippen molar-refractivity contribution in [3.63, 3.8) is 0 Å². The van der Waals surface area contributed by atoms with Crippen LogP contribution in [-0.2, 0) is 6.54 Å². The van der Waals surface area contributed by atoms with Gasteiger partial charge in [0.15, 0.2) is 0 Å². The molecule has 0 bridgehead atoms. The molecule has 0 unspecified atom stereocenters. The summed E-state index contributed by atoms with van der Waals surface area (Å²) < 4.78 is 0. The quantitative estimate of drug-likeness (QED) is 0.825. The van der Waals surface area contributed by atoms with Gasteiger partial charge in [-0.15, -0.1) is 0 Å². The van der Waals surface area contributed by atoms with E-state index in [0.717, 1.165) is 29.3 Å². The topological polar surface area (TPSA) is 40.7 Å². The number of nitrogens with one attached hydrogen (secondary N) is 2. The number of hydrogen-bond donors (Lipinski definition) is 2. The molecule has 0 amide bonds. The van der Waals surface area contributed by atoms with Crippen molar-refractivity contribution in [1.82, 2.24) is 15.3 Å². The Kier molecular flexibility index (Phi) is 2.40. The zero-order chi connectivity index (χ0) is 11.0. The number of imidazole rings is 1. The monoisotopic (exact) mass is 215 g/mol. The highest BCUT2D eigenvalue weighted by atomic mass is 15.0. The molecule has 0 atom stereocenters. The first kappa shape index (κ1) is 9.85. The van der Waals surface area contributed by atoms with Crippen molar-refractivity contribution in [2.45, 2.75) is 32.4 Å². The molecule has 3 heteroatoms. The molecule has 0 saturated heterocycles. The molecule has 1 fully saturated rings. The van der Waals surface area contributed by atoms with Gasteiger partial charge in [0.25, 0.3) is 0 Å². The summed E-state index contributed by atoms with van der Waals surface area (Å²) in [5.41, 5.74) is 2.18. The molecule has 1 saturated carbocycles. The zero-order valence-corrected chi connectivity index (χ0v) is 9.53. The van der Waals surface area contributed by atoms with Gasteiger partial charge in [-0.05, 0) is 30.9 Å². The summed E-state index contributed by atoms with van der Waals surface area (Å²) in [6.45, 7) is 3.16. The van der Waals surface area contributed by atoms with E-state index in [1.165, 1.54) is 12.8 Å². The van der Waals surface area contributed by atoms with E-state index in [1.807, 2.05) is 18.2 Å².